The van der Waals surface area contributed by atoms with Crippen molar-refractivity contribution in [3.05, 3.63) is 34.0 Å². The Morgan fingerprint density at radius 1 is 1.44 bits per heavy atom. The molecule has 0 radical (unpaired) electrons. The van der Waals surface area contributed by atoms with Gasteiger partial charge in [0.15, 0.2) is 0 Å². The molecule has 0 unspecified atom stereocenters. The van der Waals surface area contributed by atoms with E-state index in [2.05, 4.69) is 27.8 Å². The Kier molecular flexibility index (Phi) is 4.30. The first-order chi connectivity index (χ1) is 8.63. The number of hydrogen-bond donors (Lipinski definition) is 1. The molecule has 0 amide bonds. The van der Waals surface area contributed by atoms with Crippen LogP contribution in [0.2, 0.25) is 5.02 Å². The van der Waals surface area contributed by atoms with E-state index in [4.69, 9.17) is 17.3 Å². The molecule has 3 nitrogen and oxygen atoms in total. The van der Waals surface area contributed by atoms with Crippen molar-refractivity contribution in [1.29, 1.82) is 0 Å². The number of aromatic nitrogens is 2. The number of aryl methyl sites for hydroxylation is 1. The number of anilines is 1. The maximum atomic E-state index is 6.11. The molecule has 0 saturated heterocycles. The molecule has 0 fully saturated rings. The van der Waals surface area contributed by atoms with Crippen molar-refractivity contribution in [2.45, 2.75) is 26.3 Å². The van der Waals surface area contributed by atoms with Crippen molar-refractivity contribution in [2.75, 3.05) is 5.73 Å². The summed E-state index contributed by atoms with van der Waals surface area (Å²) < 4.78 is 2.85. The molecule has 1 aromatic heterocycles. The van der Waals surface area contributed by atoms with Crippen LogP contribution in [0.25, 0.3) is 11.3 Å². The zero-order valence-corrected chi connectivity index (χ0v) is 12.5. The highest BCUT2D eigenvalue weighted by Crippen LogP contribution is 2.30. The molecule has 18 heavy (non-hydrogen) atoms. The van der Waals surface area contributed by atoms with Gasteiger partial charge >= 0.3 is 0 Å². The SMILES string of the molecule is CCCCn1cnc(-c2ccc(Br)c(Cl)c2)c1N. The summed E-state index contributed by atoms with van der Waals surface area (Å²) in [5.74, 6) is 0.696. The number of nitrogens with zero attached hydrogens (tertiary/aromatic N) is 2. The van der Waals surface area contributed by atoms with Crippen LogP contribution in [0.3, 0.4) is 0 Å². The van der Waals surface area contributed by atoms with Crippen LogP contribution < -0.4 is 5.73 Å². The van der Waals surface area contributed by atoms with E-state index in [9.17, 15) is 0 Å². The molecular weight excluding hydrogens is 314 g/mol. The molecule has 2 N–H and O–H groups in total. The van der Waals surface area contributed by atoms with Crippen LogP contribution in [0, 0.1) is 0 Å². The second-order valence-electron chi connectivity index (χ2n) is 4.15. The Morgan fingerprint density at radius 2 is 2.22 bits per heavy atom. The predicted octanol–water partition coefficient (Wildman–Crippen LogP) is 4.35. The van der Waals surface area contributed by atoms with E-state index in [1.807, 2.05) is 22.8 Å². The van der Waals surface area contributed by atoms with Gasteiger partial charge in [0.05, 0.1) is 11.3 Å². The monoisotopic (exact) mass is 327 g/mol. The highest BCUT2D eigenvalue weighted by Gasteiger charge is 2.10. The average Bonchev–Trinajstić information content (AvgIpc) is 2.72. The maximum absolute atomic E-state index is 6.11. The second kappa shape index (κ2) is 5.76. The lowest BCUT2D eigenvalue weighted by molar-refractivity contribution is 0.637. The van der Waals surface area contributed by atoms with Crippen molar-refractivity contribution in [1.82, 2.24) is 9.55 Å². The fourth-order valence-electron chi connectivity index (χ4n) is 1.76. The van der Waals surface area contributed by atoms with E-state index in [0.29, 0.717) is 10.8 Å². The number of rotatable bonds is 4. The zero-order chi connectivity index (χ0) is 13.1. The summed E-state index contributed by atoms with van der Waals surface area (Å²) >= 11 is 9.46. The summed E-state index contributed by atoms with van der Waals surface area (Å²) in [5, 5.41) is 0.662. The summed E-state index contributed by atoms with van der Waals surface area (Å²) in [7, 11) is 0. The number of imidazole rings is 1. The van der Waals surface area contributed by atoms with Crippen molar-refractivity contribution in [2.24, 2.45) is 0 Å². The van der Waals surface area contributed by atoms with Gasteiger partial charge in [-0.2, -0.15) is 0 Å². The van der Waals surface area contributed by atoms with E-state index in [-0.39, 0.29) is 0 Å². The van der Waals surface area contributed by atoms with E-state index in [1.165, 1.54) is 0 Å². The summed E-state index contributed by atoms with van der Waals surface area (Å²) in [6.45, 7) is 3.06. The molecule has 0 atom stereocenters. The van der Waals surface area contributed by atoms with Crippen molar-refractivity contribution >= 4 is 33.3 Å². The van der Waals surface area contributed by atoms with Gasteiger partial charge in [0.25, 0.3) is 0 Å². The highest BCUT2D eigenvalue weighted by atomic mass is 79.9. The molecular formula is C13H15BrClN3. The largest absolute Gasteiger partial charge is 0.383 e. The summed E-state index contributed by atoms with van der Waals surface area (Å²) in [6, 6.07) is 5.73. The topological polar surface area (TPSA) is 43.8 Å². The van der Waals surface area contributed by atoms with Gasteiger partial charge in [-0.1, -0.05) is 31.0 Å². The molecule has 0 bridgehead atoms. The molecule has 1 heterocycles. The summed E-state index contributed by atoms with van der Waals surface area (Å²) in [4.78, 5) is 4.37. The third kappa shape index (κ3) is 2.70. The van der Waals surface area contributed by atoms with Gasteiger partial charge in [0.2, 0.25) is 0 Å². The lowest BCUT2D eigenvalue weighted by Gasteiger charge is -2.05. The number of unbranched alkanes of at least 4 members (excludes halogenated alkanes) is 1. The minimum absolute atomic E-state index is 0.662. The van der Waals surface area contributed by atoms with Gasteiger partial charge in [0, 0.05) is 16.6 Å². The normalized spacial score (nSPS) is 10.8. The van der Waals surface area contributed by atoms with E-state index in [1.54, 1.807) is 6.33 Å². The Hall–Kier alpha value is -1.00. The summed E-state index contributed by atoms with van der Waals surface area (Å²) in [5.41, 5.74) is 7.84. The number of halogens is 2. The number of hydrogen-bond acceptors (Lipinski definition) is 2. The first kappa shape index (κ1) is 13.4. The van der Waals surface area contributed by atoms with E-state index in [0.717, 1.165) is 35.1 Å². The lowest BCUT2D eigenvalue weighted by atomic mass is 10.1. The van der Waals surface area contributed by atoms with Crippen molar-refractivity contribution in [3.63, 3.8) is 0 Å². The highest BCUT2D eigenvalue weighted by molar-refractivity contribution is 9.10. The molecule has 0 aliphatic heterocycles. The fourth-order valence-corrected chi connectivity index (χ4v) is 2.19. The Bertz CT molecular complexity index is 551. The lowest BCUT2D eigenvalue weighted by Crippen LogP contribution is -2.02. The van der Waals surface area contributed by atoms with Crippen LogP contribution in [-0.2, 0) is 6.54 Å². The van der Waals surface area contributed by atoms with Gasteiger partial charge in [-0.25, -0.2) is 4.98 Å². The van der Waals surface area contributed by atoms with Gasteiger partial charge in [-0.3, -0.25) is 0 Å². The average molecular weight is 329 g/mol. The Balaban J connectivity index is 2.33. The molecule has 0 aliphatic carbocycles. The quantitative estimate of drug-likeness (QED) is 0.907. The molecule has 1 aromatic carbocycles. The van der Waals surface area contributed by atoms with Gasteiger partial charge in [-0.05, 0) is 34.5 Å². The molecule has 0 aliphatic rings. The van der Waals surface area contributed by atoms with Crippen LogP contribution in [0.1, 0.15) is 19.8 Å². The first-order valence-corrected chi connectivity index (χ1v) is 7.06. The molecule has 5 heteroatoms. The van der Waals surface area contributed by atoms with Gasteiger partial charge in [0.1, 0.15) is 11.5 Å². The minimum Gasteiger partial charge on any atom is -0.383 e. The Labute approximate surface area is 120 Å². The molecule has 2 rings (SSSR count). The van der Waals surface area contributed by atoms with E-state index < -0.39 is 0 Å². The predicted molar refractivity (Wildman–Crippen MR) is 79.7 cm³/mol. The zero-order valence-electron chi connectivity index (χ0n) is 10.2. The maximum Gasteiger partial charge on any atom is 0.131 e. The molecule has 2 aromatic rings. The van der Waals surface area contributed by atoms with Crippen LogP contribution >= 0.6 is 27.5 Å². The van der Waals surface area contributed by atoms with Crippen LogP contribution in [0.4, 0.5) is 5.82 Å². The van der Waals surface area contributed by atoms with Crippen LogP contribution in [0.5, 0.6) is 0 Å². The smallest absolute Gasteiger partial charge is 0.131 e. The molecule has 96 valence electrons. The van der Waals surface area contributed by atoms with Crippen LogP contribution in [-0.4, -0.2) is 9.55 Å². The fraction of sp³-hybridized carbons (Fsp3) is 0.308. The second-order valence-corrected chi connectivity index (χ2v) is 5.42. The summed E-state index contributed by atoms with van der Waals surface area (Å²) in [6.07, 6.45) is 4.02. The Morgan fingerprint density at radius 3 is 2.89 bits per heavy atom. The third-order valence-electron chi connectivity index (χ3n) is 2.82. The van der Waals surface area contributed by atoms with Gasteiger partial charge < -0.3 is 10.3 Å². The molecule has 0 spiro atoms. The van der Waals surface area contributed by atoms with Crippen LogP contribution in [0.15, 0.2) is 29.0 Å². The van der Waals surface area contributed by atoms with E-state index >= 15 is 0 Å². The van der Waals surface area contributed by atoms with Crippen molar-refractivity contribution in [3.8, 4) is 11.3 Å². The standard InChI is InChI=1S/C13H15BrClN3/c1-2-3-6-18-8-17-12(13(18)16)9-4-5-10(14)11(15)7-9/h4-5,7-8H,2-3,6,16H2,1H3. The number of benzene rings is 1. The van der Waals surface area contributed by atoms with Crippen molar-refractivity contribution < 1.29 is 0 Å². The third-order valence-corrected chi connectivity index (χ3v) is 4.06. The number of nitrogens with two attached hydrogens (primary N) is 1. The minimum atomic E-state index is 0.662. The number of nitrogen functional groups attached to an aromatic ring is 1. The van der Waals surface area contributed by atoms with Gasteiger partial charge in [-0.15, -0.1) is 0 Å². The first-order valence-electron chi connectivity index (χ1n) is 5.89. The molecule has 0 saturated carbocycles.